The minimum Gasteiger partial charge on any atom is -0.342 e. The minimum absolute atomic E-state index is 0.0130. The van der Waals surface area contributed by atoms with Crippen LogP contribution in [0.15, 0.2) is 61.2 Å². The zero-order chi connectivity index (χ0) is 16.8. The van der Waals surface area contributed by atoms with Gasteiger partial charge in [0, 0.05) is 44.8 Å². The van der Waals surface area contributed by atoms with Crippen LogP contribution in [0.5, 0.6) is 0 Å². The number of rotatable bonds is 7. The molecule has 0 spiro atoms. The summed E-state index contributed by atoms with van der Waals surface area (Å²) in [7, 11) is 1.93. The van der Waals surface area contributed by atoms with Crippen molar-refractivity contribution in [3.63, 3.8) is 0 Å². The van der Waals surface area contributed by atoms with Crippen LogP contribution < -0.4 is 5.32 Å². The molecular weight excluding hydrogens is 302 g/mol. The van der Waals surface area contributed by atoms with Crippen LogP contribution in [0, 0.1) is 0 Å². The molecule has 6 heteroatoms. The smallest absolute Gasteiger partial charge is 0.220 e. The molecule has 0 saturated carbocycles. The van der Waals surface area contributed by atoms with Crippen LogP contribution in [-0.2, 0) is 18.4 Å². The lowest BCUT2D eigenvalue weighted by Crippen LogP contribution is -2.31. The second-order valence-corrected chi connectivity index (χ2v) is 5.68. The molecule has 2 aromatic heterocycles. The molecule has 6 nitrogen and oxygen atoms in total. The standard InChI is InChI=1S/C18H21N5O/c1-22-14-11-19-18(22)17(15-7-3-2-4-8-15)21-16(24)9-5-12-23-13-6-10-20-23/h2-4,6-8,10-11,13-14,17H,5,9,12H2,1H3,(H,21,24). The number of hydrogen-bond acceptors (Lipinski definition) is 3. The number of nitrogens with zero attached hydrogens (tertiary/aromatic N) is 4. The largest absolute Gasteiger partial charge is 0.342 e. The number of benzene rings is 1. The molecule has 0 aliphatic heterocycles. The molecule has 1 aromatic carbocycles. The fraction of sp³-hybridized carbons (Fsp3) is 0.278. The van der Waals surface area contributed by atoms with E-state index in [9.17, 15) is 4.79 Å². The van der Waals surface area contributed by atoms with Crippen LogP contribution in [0.4, 0.5) is 0 Å². The van der Waals surface area contributed by atoms with Gasteiger partial charge in [-0.3, -0.25) is 9.48 Å². The number of amides is 1. The summed E-state index contributed by atoms with van der Waals surface area (Å²) in [5.74, 6) is 0.834. The SMILES string of the molecule is Cn1ccnc1C(NC(=O)CCCn1cccn1)c1ccccc1. The third-order valence-electron chi connectivity index (χ3n) is 3.91. The molecule has 0 bridgehead atoms. The van der Waals surface area contributed by atoms with Crippen molar-refractivity contribution in [2.24, 2.45) is 7.05 Å². The predicted octanol–water partition coefficient (Wildman–Crippen LogP) is 2.30. The maximum Gasteiger partial charge on any atom is 0.220 e. The van der Waals surface area contributed by atoms with Crippen LogP contribution in [0.1, 0.15) is 30.3 Å². The number of carbonyl (C=O) groups excluding carboxylic acids is 1. The van der Waals surface area contributed by atoms with E-state index in [-0.39, 0.29) is 11.9 Å². The Morgan fingerprint density at radius 1 is 1.17 bits per heavy atom. The lowest BCUT2D eigenvalue weighted by atomic mass is 10.1. The number of aryl methyl sites for hydroxylation is 2. The van der Waals surface area contributed by atoms with E-state index in [1.807, 2.05) is 65.1 Å². The highest BCUT2D eigenvalue weighted by molar-refractivity contribution is 5.76. The Hall–Kier alpha value is -2.89. The molecule has 0 saturated heterocycles. The summed E-state index contributed by atoms with van der Waals surface area (Å²) < 4.78 is 3.77. The van der Waals surface area contributed by atoms with Gasteiger partial charge in [-0.2, -0.15) is 5.10 Å². The maximum absolute atomic E-state index is 12.4. The molecular formula is C18H21N5O. The van der Waals surface area contributed by atoms with Crippen molar-refractivity contribution in [2.75, 3.05) is 0 Å². The molecule has 124 valence electrons. The van der Waals surface area contributed by atoms with E-state index >= 15 is 0 Å². The van der Waals surface area contributed by atoms with Crippen LogP contribution in [-0.4, -0.2) is 25.2 Å². The molecule has 1 amide bonds. The highest BCUT2D eigenvalue weighted by Gasteiger charge is 2.20. The molecule has 1 N–H and O–H groups in total. The average molecular weight is 323 g/mol. The summed E-state index contributed by atoms with van der Waals surface area (Å²) in [4.78, 5) is 16.8. The van der Waals surface area contributed by atoms with Gasteiger partial charge in [-0.1, -0.05) is 30.3 Å². The lowest BCUT2D eigenvalue weighted by Gasteiger charge is -2.19. The summed E-state index contributed by atoms with van der Waals surface area (Å²) >= 11 is 0. The zero-order valence-electron chi connectivity index (χ0n) is 13.7. The topological polar surface area (TPSA) is 64.7 Å². The summed E-state index contributed by atoms with van der Waals surface area (Å²) in [5, 5.41) is 7.25. The summed E-state index contributed by atoms with van der Waals surface area (Å²) in [6, 6.07) is 11.5. The van der Waals surface area contributed by atoms with E-state index in [1.54, 1.807) is 12.4 Å². The van der Waals surface area contributed by atoms with Crippen LogP contribution in [0.3, 0.4) is 0 Å². The second-order valence-electron chi connectivity index (χ2n) is 5.68. The molecule has 3 rings (SSSR count). The quantitative estimate of drug-likeness (QED) is 0.725. The third-order valence-corrected chi connectivity index (χ3v) is 3.91. The highest BCUT2D eigenvalue weighted by Crippen LogP contribution is 2.20. The Morgan fingerprint density at radius 3 is 2.67 bits per heavy atom. The van der Waals surface area contributed by atoms with Crippen molar-refractivity contribution in [1.82, 2.24) is 24.6 Å². The van der Waals surface area contributed by atoms with Crippen LogP contribution in [0.2, 0.25) is 0 Å². The second kappa shape index (κ2) is 7.59. The zero-order valence-corrected chi connectivity index (χ0v) is 13.7. The van der Waals surface area contributed by atoms with Gasteiger partial charge >= 0.3 is 0 Å². The molecule has 1 unspecified atom stereocenters. The van der Waals surface area contributed by atoms with Gasteiger partial charge in [0.15, 0.2) is 0 Å². The summed E-state index contributed by atoms with van der Waals surface area (Å²) in [6.07, 6.45) is 8.47. The van der Waals surface area contributed by atoms with E-state index in [0.29, 0.717) is 6.42 Å². The van der Waals surface area contributed by atoms with Gasteiger partial charge in [0.1, 0.15) is 11.9 Å². The van der Waals surface area contributed by atoms with Gasteiger partial charge in [0.05, 0.1) is 0 Å². The van der Waals surface area contributed by atoms with Gasteiger partial charge in [-0.05, 0) is 18.1 Å². The summed E-state index contributed by atoms with van der Waals surface area (Å²) in [5.41, 5.74) is 1.02. The van der Waals surface area contributed by atoms with E-state index in [0.717, 1.165) is 24.4 Å². The molecule has 1 atom stereocenters. The van der Waals surface area contributed by atoms with Crippen molar-refractivity contribution in [2.45, 2.75) is 25.4 Å². The minimum atomic E-state index is -0.247. The Kier molecular flexibility index (Phi) is 5.05. The molecule has 24 heavy (non-hydrogen) atoms. The maximum atomic E-state index is 12.4. The van der Waals surface area contributed by atoms with Gasteiger partial charge in [-0.15, -0.1) is 0 Å². The first kappa shape index (κ1) is 16.0. The van der Waals surface area contributed by atoms with Gasteiger partial charge < -0.3 is 9.88 Å². The van der Waals surface area contributed by atoms with E-state index in [2.05, 4.69) is 15.4 Å². The Balaban J connectivity index is 1.65. The fourth-order valence-corrected chi connectivity index (χ4v) is 2.67. The first-order valence-corrected chi connectivity index (χ1v) is 8.03. The normalized spacial score (nSPS) is 12.0. The number of aromatic nitrogens is 4. The lowest BCUT2D eigenvalue weighted by molar-refractivity contribution is -0.121. The van der Waals surface area contributed by atoms with Crippen LogP contribution in [0.25, 0.3) is 0 Å². The van der Waals surface area contributed by atoms with E-state index in [4.69, 9.17) is 0 Å². The predicted molar refractivity (Wildman–Crippen MR) is 91.1 cm³/mol. The third kappa shape index (κ3) is 3.90. The molecule has 0 radical (unpaired) electrons. The molecule has 0 fully saturated rings. The van der Waals surface area contributed by atoms with Crippen molar-refractivity contribution in [1.29, 1.82) is 0 Å². The number of imidazole rings is 1. The number of hydrogen-bond donors (Lipinski definition) is 1. The fourth-order valence-electron chi connectivity index (χ4n) is 2.67. The highest BCUT2D eigenvalue weighted by atomic mass is 16.1. The van der Waals surface area contributed by atoms with Crippen molar-refractivity contribution < 1.29 is 4.79 Å². The Labute approximate surface area is 141 Å². The molecule has 3 aromatic rings. The number of carbonyl (C=O) groups is 1. The monoisotopic (exact) mass is 323 g/mol. The molecule has 0 aliphatic rings. The average Bonchev–Trinajstić information content (AvgIpc) is 3.25. The van der Waals surface area contributed by atoms with Crippen molar-refractivity contribution in [3.8, 4) is 0 Å². The van der Waals surface area contributed by atoms with Crippen molar-refractivity contribution in [3.05, 3.63) is 72.6 Å². The van der Waals surface area contributed by atoms with Crippen molar-refractivity contribution >= 4 is 5.91 Å². The summed E-state index contributed by atoms with van der Waals surface area (Å²) in [6.45, 7) is 0.735. The van der Waals surface area contributed by atoms with Gasteiger partial charge in [0.2, 0.25) is 5.91 Å². The molecule has 2 heterocycles. The van der Waals surface area contributed by atoms with E-state index < -0.39 is 0 Å². The van der Waals surface area contributed by atoms with E-state index in [1.165, 1.54) is 0 Å². The Bertz CT molecular complexity index is 764. The Morgan fingerprint density at radius 2 is 2.00 bits per heavy atom. The van der Waals surface area contributed by atoms with Crippen LogP contribution >= 0.6 is 0 Å². The van der Waals surface area contributed by atoms with Gasteiger partial charge in [-0.25, -0.2) is 4.98 Å². The number of nitrogens with one attached hydrogen (secondary N) is 1. The first-order chi connectivity index (χ1) is 11.7. The molecule has 0 aliphatic carbocycles. The van der Waals surface area contributed by atoms with Gasteiger partial charge in [0.25, 0.3) is 0 Å². The first-order valence-electron chi connectivity index (χ1n) is 8.03.